The molecule has 1 fully saturated rings. The molecule has 1 saturated carbocycles. The van der Waals surface area contributed by atoms with Crippen molar-refractivity contribution in [3.05, 3.63) is 12.3 Å². The van der Waals surface area contributed by atoms with Crippen molar-refractivity contribution in [3.63, 3.8) is 0 Å². The maximum absolute atomic E-state index is 11.5. The minimum Gasteiger partial charge on any atom is -0.268 e. The number of aromatic nitrogens is 2. The molecule has 0 spiro atoms. The SMILES string of the molecule is CCS(=O)(=O)Nc1ccnn1[C@H](C)C1CC1. The van der Waals surface area contributed by atoms with E-state index >= 15 is 0 Å². The topological polar surface area (TPSA) is 64.0 Å². The van der Waals surface area contributed by atoms with Gasteiger partial charge in [0.05, 0.1) is 18.0 Å². The molecule has 0 bridgehead atoms. The van der Waals surface area contributed by atoms with E-state index in [1.165, 1.54) is 12.8 Å². The summed E-state index contributed by atoms with van der Waals surface area (Å²) in [7, 11) is -3.21. The summed E-state index contributed by atoms with van der Waals surface area (Å²) < 4.78 is 27.3. The van der Waals surface area contributed by atoms with Crippen molar-refractivity contribution in [1.82, 2.24) is 9.78 Å². The van der Waals surface area contributed by atoms with E-state index in [0.29, 0.717) is 11.7 Å². The van der Waals surface area contributed by atoms with Crippen molar-refractivity contribution in [1.29, 1.82) is 0 Å². The van der Waals surface area contributed by atoms with Crippen molar-refractivity contribution in [2.24, 2.45) is 5.92 Å². The van der Waals surface area contributed by atoms with Gasteiger partial charge in [0.25, 0.3) is 0 Å². The van der Waals surface area contributed by atoms with Gasteiger partial charge in [0.1, 0.15) is 5.82 Å². The van der Waals surface area contributed by atoms with Crippen LogP contribution in [-0.4, -0.2) is 24.0 Å². The van der Waals surface area contributed by atoms with Crippen molar-refractivity contribution in [2.75, 3.05) is 10.5 Å². The van der Waals surface area contributed by atoms with Gasteiger partial charge in [-0.3, -0.25) is 4.72 Å². The van der Waals surface area contributed by atoms with E-state index in [0.717, 1.165) is 0 Å². The molecule has 16 heavy (non-hydrogen) atoms. The van der Waals surface area contributed by atoms with Crippen LogP contribution in [0.15, 0.2) is 12.3 Å². The summed E-state index contributed by atoms with van der Waals surface area (Å²) in [5.41, 5.74) is 0. The monoisotopic (exact) mass is 243 g/mol. The maximum Gasteiger partial charge on any atom is 0.233 e. The molecular formula is C10H17N3O2S. The van der Waals surface area contributed by atoms with Crippen LogP contribution in [0, 0.1) is 5.92 Å². The first-order valence-corrected chi connectivity index (χ1v) is 7.22. The molecular weight excluding hydrogens is 226 g/mol. The number of nitrogens with one attached hydrogen (secondary N) is 1. The highest BCUT2D eigenvalue weighted by atomic mass is 32.2. The molecule has 90 valence electrons. The summed E-state index contributed by atoms with van der Waals surface area (Å²) in [6.07, 6.45) is 4.05. The van der Waals surface area contributed by atoms with E-state index in [9.17, 15) is 8.42 Å². The predicted octanol–water partition coefficient (Wildman–Crippen LogP) is 1.62. The zero-order chi connectivity index (χ0) is 11.8. The summed E-state index contributed by atoms with van der Waals surface area (Å²) in [5, 5.41) is 4.19. The summed E-state index contributed by atoms with van der Waals surface area (Å²) in [6, 6.07) is 1.97. The first kappa shape index (κ1) is 11.4. The third-order valence-corrected chi connectivity index (χ3v) is 4.28. The lowest BCUT2D eigenvalue weighted by Gasteiger charge is -2.15. The number of hydrogen-bond donors (Lipinski definition) is 1. The highest BCUT2D eigenvalue weighted by molar-refractivity contribution is 7.92. The van der Waals surface area contributed by atoms with Crippen LogP contribution >= 0.6 is 0 Å². The molecule has 0 radical (unpaired) electrons. The van der Waals surface area contributed by atoms with Crippen molar-refractivity contribution >= 4 is 15.8 Å². The Kier molecular flexibility index (Phi) is 2.92. The molecule has 0 amide bonds. The van der Waals surface area contributed by atoms with Crippen molar-refractivity contribution < 1.29 is 8.42 Å². The van der Waals surface area contributed by atoms with Crippen LogP contribution < -0.4 is 4.72 Å². The standard InChI is InChI=1S/C10H17N3O2S/c1-3-16(14,15)12-10-6-7-11-13(10)8(2)9-4-5-9/h6-9,12H,3-5H2,1-2H3/t8-/m1/s1. The molecule has 1 aliphatic carbocycles. The molecule has 1 atom stereocenters. The molecule has 1 N–H and O–H groups in total. The van der Waals surface area contributed by atoms with Crippen LogP contribution in [0.3, 0.4) is 0 Å². The fourth-order valence-corrected chi connectivity index (χ4v) is 2.35. The molecule has 1 aromatic rings. The highest BCUT2D eigenvalue weighted by Crippen LogP contribution is 2.40. The van der Waals surface area contributed by atoms with Gasteiger partial charge in [0, 0.05) is 6.07 Å². The van der Waals surface area contributed by atoms with E-state index in [2.05, 4.69) is 16.7 Å². The molecule has 1 aromatic heterocycles. The van der Waals surface area contributed by atoms with Gasteiger partial charge >= 0.3 is 0 Å². The second-order valence-corrected chi connectivity index (χ2v) is 6.26. The van der Waals surface area contributed by atoms with Gasteiger partial charge in [-0.05, 0) is 32.6 Å². The molecule has 6 heteroatoms. The fraction of sp³-hybridized carbons (Fsp3) is 0.700. The third-order valence-electron chi connectivity index (χ3n) is 3.00. The Hall–Kier alpha value is -1.04. The lowest BCUT2D eigenvalue weighted by molar-refractivity contribution is 0.446. The van der Waals surface area contributed by atoms with E-state index in [-0.39, 0.29) is 11.8 Å². The molecule has 1 heterocycles. The highest BCUT2D eigenvalue weighted by Gasteiger charge is 2.30. The van der Waals surface area contributed by atoms with E-state index in [1.54, 1.807) is 23.9 Å². The van der Waals surface area contributed by atoms with Crippen LogP contribution in [-0.2, 0) is 10.0 Å². The summed E-state index contributed by atoms with van der Waals surface area (Å²) in [4.78, 5) is 0. The molecule has 1 aliphatic rings. The van der Waals surface area contributed by atoms with Gasteiger partial charge < -0.3 is 0 Å². The Labute approximate surface area is 95.9 Å². The van der Waals surface area contributed by atoms with E-state index in [4.69, 9.17) is 0 Å². The molecule has 0 aromatic carbocycles. The van der Waals surface area contributed by atoms with Gasteiger partial charge in [-0.2, -0.15) is 5.10 Å². The molecule has 5 nitrogen and oxygen atoms in total. The second-order valence-electron chi connectivity index (χ2n) is 4.24. The second kappa shape index (κ2) is 4.08. The molecule has 0 unspecified atom stereocenters. The Morgan fingerprint density at radius 3 is 2.88 bits per heavy atom. The first-order chi connectivity index (χ1) is 7.53. The van der Waals surface area contributed by atoms with Gasteiger partial charge in [-0.25, -0.2) is 13.1 Å². The minimum atomic E-state index is -3.21. The third kappa shape index (κ3) is 2.37. The van der Waals surface area contributed by atoms with Crippen LogP contribution in [0.1, 0.15) is 32.7 Å². The van der Waals surface area contributed by atoms with Gasteiger partial charge in [-0.15, -0.1) is 0 Å². The largest absolute Gasteiger partial charge is 0.268 e. The van der Waals surface area contributed by atoms with Crippen molar-refractivity contribution in [3.8, 4) is 0 Å². The van der Waals surface area contributed by atoms with Gasteiger partial charge in [0.2, 0.25) is 10.0 Å². The Morgan fingerprint density at radius 1 is 1.62 bits per heavy atom. The zero-order valence-electron chi connectivity index (χ0n) is 9.55. The van der Waals surface area contributed by atoms with E-state index < -0.39 is 10.0 Å². The fourth-order valence-electron chi connectivity index (χ4n) is 1.73. The number of rotatable bonds is 5. The van der Waals surface area contributed by atoms with Crippen LogP contribution in [0.2, 0.25) is 0 Å². The maximum atomic E-state index is 11.5. The Bertz CT molecular complexity index is 462. The van der Waals surface area contributed by atoms with Crippen LogP contribution in [0.25, 0.3) is 0 Å². The van der Waals surface area contributed by atoms with Crippen molar-refractivity contribution in [2.45, 2.75) is 32.7 Å². The van der Waals surface area contributed by atoms with Gasteiger partial charge in [-0.1, -0.05) is 0 Å². The number of nitrogens with zero attached hydrogens (tertiary/aromatic N) is 2. The quantitative estimate of drug-likeness (QED) is 0.854. The first-order valence-electron chi connectivity index (χ1n) is 5.57. The minimum absolute atomic E-state index is 0.0794. The van der Waals surface area contributed by atoms with E-state index in [1.807, 2.05) is 0 Å². The van der Waals surface area contributed by atoms with Crippen LogP contribution in [0.4, 0.5) is 5.82 Å². The smallest absolute Gasteiger partial charge is 0.233 e. The molecule has 0 aliphatic heterocycles. The van der Waals surface area contributed by atoms with Crippen LogP contribution in [0.5, 0.6) is 0 Å². The summed E-state index contributed by atoms with van der Waals surface area (Å²) in [5.74, 6) is 1.29. The average molecular weight is 243 g/mol. The summed E-state index contributed by atoms with van der Waals surface area (Å²) in [6.45, 7) is 3.70. The number of hydrogen-bond acceptors (Lipinski definition) is 3. The Balaban J connectivity index is 2.18. The summed E-state index contributed by atoms with van der Waals surface area (Å²) >= 11 is 0. The zero-order valence-corrected chi connectivity index (χ0v) is 10.4. The molecule has 0 saturated heterocycles. The molecule has 2 rings (SSSR count). The number of sulfonamides is 1. The lowest BCUT2D eigenvalue weighted by atomic mass is 10.2. The Morgan fingerprint density at radius 2 is 2.31 bits per heavy atom. The normalized spacial score (nSPS) is 18.4. The van der Waals surface area contributed by atoms with Gasteiger partial charge in [0.15, 0.2) is 0 Å². The lowest BCUT2D eigenvalue weighted by Crippen LogP contribution is -2.19. The number of anilines is 1. The predicted molar refractivity (Wildman–Crippen MR) is 62.7 cm³/mol. The average Bonchev–Trinajstić information content (AvgIpc) is 2.99.